The Morgan fingerprint density at radius 1 is 1.20 bits per heavy atom. The molecular weight excluding hydrogens is 320 g/mol. The average Bonchev–Trinajstić information content (AvgIpc) is 2.99. The number of amides is 1. The van der Waals surface area contributed by atoms with Crippen molar-refractivity contribution in [1.29, 1.82) is 0 Å². The molecule has 132 valence electrons. The van der Waals surface area contributed by atoms with Crippen LogP contribution >= 0.6 is 0 Å². The summed E-state index contributed by atoms with van der Waals surface area (Å²) in [6.45, 7) is 7.23. The zero-order valence-corrected chi connectivity index (χ0v) is 14.6. The van der Waals surface area contributed by atoms with Gasteiger partial charge in [-0.25, -0.2) is 4.98 Å². The Bertz CT molecular complexity index is 796. The first-order chi connectivity index (χ1) is 12.1. The third-order valence-corrected chi connectivity index (χ3v) is 4.72. The molecule has 7 heteroatoms. The second-order valence-electron chi connectivity index (χ2n) is 6.51. The van der Waals surface area contributed by atoms with Crippen LogP contribution in [0.3, 0.4) is 0 Å². The number of aryl methyl sites for hydroxylation is 3. The maximum Gasteiger partial charge on any atom is 0.262 e. The van der Waals surface area contributed by atoms with E-state index in [1.165, 1.54) is 0 Å². The van der Waals surface area contributed by atoms with E-state index in [1.807, 2.05) is 20.0 Å². The monoisotopic (exact) mass is 342 g/mol. The first-order valence-electron chi connectivity index (χ1n) is 8.71. The zero-order valence-electron chi connectivity index (χ0n) is 14.6. The summed E-state index contributed by atoms with van der Waals surface area (Å²) in [4.78, 5) is 26.2. The van der Waals surface area contributed by atoms with Gasteiger partial charge in [-0.2, -0.15) is 4.98 Å². The number of carbonyl (C=O) groups is 1. The third-order valence-electron chi connectivity index (χ3n) is 4.72. The number of carbonyl (C=O) groups excluding carboxylic acids is 1. The number of hydrogen-bond donors (Lipinski definition) is 0. The zero-order chi connectivity index (χ0) is 17.4. The Balaban J connectivity index is 1.68. The second-order valence-corrected chi connectivity index (χ2v) is 6.51. The number of anilines is 2. The van der Waals surface area contributed by atoms with Crippen molar-refractivity contribution >= 4 is 17.7 Å². The molecule has 0 N–H and O–H groups in total. The first-order valence-corrected chi connectivity index (χ1v) is 8.71. The fourth-order valence-electron chi connectivity index (χ4n) is 3.43. The number of hydrogen-bond acceptors (Lipinski definition) is 6. The van der Waals surface area contributed by atoms with E-state index in [0.717, 1.165) is 43.1 Å². The molecule has 0 saturated carbocycles. The van der Waals surface area contributed by atoms with Crippen LogP contribution in [-0.4, -0.2) is 48.7 Å². The maximum absolute atomic E-state index is 13.1. The summed E-state index contributed by atoms with van der Waals surface area (Å²) in [5.41, 5.74) is 1.63. The van der Waals surface area contributed by atoms with E-state index in [-0.39, 0.29) is 5.91 Å². The predicted octanol–water partition coefficient (Wildman–Crippen LogP) is 2.12. The van der Waals surface area contributed by atoms with Gasteiger partial charge in [-0.1, -0.05) is 0 Å². The van der Waals surface area contributed by atoms with Crippen LogP contribution in [0.4, 0.5) is 11.8 Å². The molecule has 0 aromatic carbocycles. The third kappa shape index (κ3) is 3.00. The highest BCUT2D eigenvalue weighted by atomic mass is 16.5. The molecule has 2 aliphatic rings. The topological polar surface area (TPSA) is 71.7 Å². The fraction of sp³-hybridized carbons (Fsp3) is 0.500. The van der Waals surface area contributed by atoms with E-state index in [0.29, 0.717) is 37.0 Å². The molecule has 1 fully saturated rings. The van der Waals surface area contributed by atoms with Gasteiger partial charge in [0.05, 0.1) is 18.8 Å². The molecule has 0 radical (unpaired) electrons. The minimum atomic E-state index is -0.0538. The van der Waals surface area contributed by atoms with Crippen LogP contribution in [0.25, 0.3) is 0 Å². The Morgan fingerprint density at radius 2 is 2.00 bits per heavy atom. The van der Waals surface area contributed by atoms with Gasteiger partial charge in [0.2, 0.25) is 5.95 Å². The van der Waals surface area contributed by atoms with Gasteiger partial charge < -0.3 is 14.1 Å². The molecule has 1 saturated heterocycles. The van der Waals surface area contributed by atoms with Crippen LogP contribution in [0.15, 0.2) is 16.7 Å². The molecule has 0 aliphatic carbocycles. The summed E-state index contributed by atoms with van der Waals surface area (Å²) in [6, 6.07) is 1.80. The summed E-state index contributed by atoms with van der Waals surface area (Å²) in [6.07, 6.45) is 3.67. The number of ether oxygens (including phenoxy) is 1. The van der Waals surface area contributed by atoms with Crippen molar-refractivity contribution in [3.8, 4) is 0 Å². The second kappa shape index (κ2) is 6.48. The number of furan rings is 1. The number of fused-ring (bicyclic) bond motifs is 1. The normalized spacial score (nSPS) is 17.5. The van der Waals surface area contributed by atoms with Crippen LogP contribution in [0.5, 0.6) is 0 Å². The van der Waals surface area contributed by atoms with E-state index in [4.69, 9.17) is 14.1 Å². The maximum atomic E-state index is 13.1. The van der Waals surface area contributed by atoms with Crippen LogP contribution in [0, 0.1) is 13.8 Å². The number of morpholine rings is 1. The molecule has 0 bridgehead atoms. The Hall–Kier alpha value is -2.41. The van der Waals surface area contributed by atoms with Gasteiger partial charge in [0.25, 0.3) is 5.91 Å². The quantitative estimate of drug-likeness (QED) is 0.832. The molecule has 4 rings (SSSR count). The Labute approximate surface area is 146 Å². The Morgan fingerprint density at radius 3 is 2.72 bits per heavy atom. The molecule has 2 aromatic rings. The van der Waals surface area contributed by atoms with Crippen molar-refractivity contribution in [2.75, 3.05) is 42.6 Å². The smallest absolute Gasteiger partial charge is 0.262 e. The summed E-state index contributed by atoms with van der Waals surface area (Å²) in [5, 5.41) is 0. The summed E-state index contributed by atoms with van der Waals surface area (Å²) >= 11 is 0. The van der Waals surface area contributed by atoms with E-state index >= 15 is 0 Å². The summed E-state index contributed by atoms with van der Waals surface area (Å²) in [7, 11) is 0. The van der Waals surface area contributed by atoms with Crippen molar-refractivity contribution < 1.29 is 13.9 Å². The largest absolute Gasteiger partial charge is 0.466 e. The van der Waals surface area contributed by atoms with Gasteiger partial charge >= 0.3 is 0 Å². The lowest BCUT2D eigenvalue weighted by Gasteiger charge is -2.31. The van der Waals surface area contributed by atoms with Gasteiger partial charge in [0.15, 0.2) is 0 Å². The number of nitrogens with zero attached hydrogens (tertiary/aromatic N) is 4. The van der Waals surface area contributed by atoms with Crippen molar-refractivity contribution in [1.82, 2.24) is 9.97 Å². The standard InChI is InChI=1S/C18H22N4O3/c1-12-10-15(13(2)25-12)17(23)22-5-3-4-14-11-19-18(20-16(14)22)21-6-8-24-9-7-21/h10-11H,3-9H2,1-2H3. The van der Waals surface area contributed by atoms with E-state index in [1.54, 1.807) is 11.0 Å². The number of rotatable bonds is 2. The molecule has 25 heavy (non-hydrogen) atoms. The molecule has 0 atom stereocenters. The molecule has 0 unspecified atom stereocenters. The molecule has 4 heterocycles. The van der Waals surface area contributed by atoms with Crippen LogP contribution in [0.2, 0.25) is 0 Å². The Kier molecular flexibility index (Phi) is 4.17. The summed E-state index contributed by atoms with van der Waals surface area (Å²) in [5.74, 6) is 2.74. The highest BCUT2D eigenvalue weighted by Crippen LogP contribution is 2.29. The van der Waals surface area contributed by atoms with Crippen LogP contribution < -0.4 is 9.80 Å². The lowest BCUT2D eigenvalue weighted by molar-refractivity contribution is 0.0982. The highest BCUT2D eigenvalue weighted by molar-refractivity contribution is 6.07. The molecule has 7 nitrogen and oxygen atoms in total. The van der Waals surface area contributed by atoms with Gasteiger partial charge in [-0.15, -0.1) is 0 Å². The summed E-state index contributed by atoms with van der Waals surface area (Å²) < 4.78 is 10.9. The van der Waals surface area contributed by atoms with Crippen LogP contribution in [0.1, 0.15) is 33.9 Å². The van der Waals surface area contributed by atoms with Crippen molar-refractivity contribution in [2.45, 2.75) is 26.7 Å². The van der Waals surface area contributed by atoms with Gasteiger partial charge in [0, 0.05) is 31.4 Å². The van der Waals surface area contributed by atoms with Crippen molar-refractivity contribution in [3.05, 3.63) is 34.9 Å². The van der Waals surface area contributed by atoms with Gasteiger partial charge in [-0.3, -0.25) is 9.69 Å². The lowest BCUT2D eigenvalue weighted by Crippen LogP contribution is -2.39. The highest BCUT2D eigenvalue weighted by Gasteiger charge is 2.28. The molecule has 0 spiro atoms. The van der Waals surface area contributed by atoms with E-state index < -0.39 is 0 Å². The van der Waals surface area contributed by atoms with Gasteiger partial charge in [0.1, 0.15) is 17.3 Å². The van der Waals surface area contributed by atoms with E-state index in [2.05, 4.69) is 9.88 Å². The number of aromatic nitrogens is 2. The molecular formula is C18H22N4O3. The van der Waals surface area contributed by atoms with E-state index in [9.17, 15) is 4.79 Å². The predicted molar refractivity (Wildman–Crippen MR) is 93.2 cm³/mol. The minimum Gasteiger partial charge on any atom is -0.466 e. The molecule has 2 aromatic heterocycles. The average molecular weight is 342 g/mol. The van der Waals surface area contributed by atoms with Crippen molar-refractivity contribution in [2.24, 2.45) is 0 Å². The van der Waals surface area contributed by atoms with Crippen LogP contribution in [-0.2, 0) is 11.2 Å². The van der Waals surface area contributed by atoms with Crippen molar-refractivity contribution in [3.63, 3.8) is 0 Å². The molecule has 1 amide bonds. The minimum absolute atomic E-state index is 0.0538. The fourth-order valence-corrected chi connectivity index (χ4v) is 3.43. The SMILES string of the molecule is Cc1cc(C(=O)N2CCCc3cnc(N4CCOCC4)nc32)c(C)o1. The van der Waals surface area contributed by atoms with Gasteiger partial charge in [-0.05, 0) is 32.8 Å². The lowest BCUT2D eigenvalue weighted by atomic mass is 10.1. The molecule has 2 aliphatic heterocycles. The first kappa shape index (κ1) is 16.1.